The van der Waals surface area contributed by atoms with Gasteiger partial charge in [-0.3, -0.25) is 5.10 Å². The maximum Gasteiger partial charge on any atom is 0.244 e. The quantitative estimate of drug-likeness (QED) is 0.847. The van der Waals surface area contributed by atoms with Crippen LogP contribution in [0.5, 0.6) is 0 Å². The van der Waals surface area contributed by atoms with Gasteiger partial charge < -0.3 is 10.2 Å². The molecule has 1 saturated heterocycles. The Morgan fingerprint density at radius 2 is 2.00 bits per heavy atom. The van der Waals surface area contributed by atoms with Crippen molar-refractivity contribution in [2.45, 2.75) is 44.6 Å². The molecule has 104 valence electrons. The van der Waals surface area contributed by atoms with Gasteiger partial charge in [0.1, 0.15) is 5.82 Å². The zero-order valence-electron chi connectivity index (χ0n) is 11.6. The first kappa shape index (κ1) is 11.7. The number of nitrogens with zero attached hydrogens (tertiary/aromatic N) is 3. The first-order valence-electron chi connectivity index (χ1n) is 7.73. The predicted octanol–water partition coefficient (Wildman–Crippen LogP) is 1.51. The molecule has 0 spiro atoms. The van der Waals surface area contributed by atoms with Crippen molar-refractivity contribution in [1.82, 2.24) is 20.5 Å². The van der Waals surface area contributed by atoms with E-state index in [1.165, 1.54) is 25.7 Å². The van der Waals surface area contributed by atoms with E-state index < -0.39 is 0 Å². The summed E-state index contributed by atoms with van der Waals surface area (Å²) in [6.07, 6.45) is 5.62. The van der Waals surface area contributed by atoms with Crippen LogP contribution < -0.4 is 10.2 Å². The van der Waals surface area contributed by atoms with Gasteiger partial charge in [0.25, 0.3) is 0 Å². The van der Waals surface area contributed by atoms with Crippen molar-refractivity contribution < 1.29 is 0 Å². The first-order valence-corrected chi connectivity index (χ1v) is 7.73. The van der Waals surface area contributed by atoms with E-state index in [0.29, 0.717) is 12.0 Å². The van der Waals surface area contributed by atoms with Crippen molar-refractivity contribution in [3.05, 3.63) is 5.82 Å². The van der Waals surface area contributed by atoms with Crippen molar-refractivity contribution in [3.8, 4) is 0 Å². The molecule has 1 aromatic heterocycles. The molecule has 3 unspecified atom stereocenters. The Labute approximate surface area is 114 Å². The van der Waals surface area contributed by atoms with Gasteiger partial charge in [0.05, 0.1) is 0 Å². The fourth-order valence-electron chi connectivity index (χ4n) is 4.07. The van der Waals surface area contributed by atoms with Crippen LogP contribution in [0, 0.1) is 11.8 Å². The number of anilines is 1. The predicted molar refractivity (Wildman–Crippen MR) is 74.2 cm³/mol. The van der Waals surface area contributed by atoms with Crippen molar-refractivity contribution in [2.75, 3.05) is 24.5 Å². The van der Waals surface area contributed by atoms with E-state index in [-0.39, 0.29) is 0 Å². The average molecular weight is 261 g/mol. The molecule has 1 aromatic rings. The number of nitrogens with one attached hydrogen (secondary N) is 2. The molecule has 0 aromatic carbocycles. The minimum atomic E-state index is 0.527. The second-order valence-corrected chi connectivity index (χ2v) is 6.46. The summed E-state index contributed by atoms with van der Waals surface area (Å²) in [5, 5.41) is 11.1. The van der Waals surface area contributed by atoms with Crippen molar-refractivity contribution in [3.63, 3.8) is 0 Å². The van der Waals surface area contributed by atoms with E-state index in [4.69, 9.17) is 4.98 Å². The van der Waals surface area contributed by atoms with Crippen LogP contribution in [0.25, 0.3) is 0 Å². The van der Waals surface area contributed by atoms with Gasteiger partial charge in [0, 0.05) is 31.6 Å². The normalized spacial score (nSPS) is 38.1. The molecule has 2 saturated carbocycles. The minimum absolute atomic E-state index is 0.527. The molecule has 5 nitrogen and oxygen atoms in total. The van der Waals surface area contributed by atoms with Crippen LogP contribution in [-0.4, -0.2) is 40.9 Å². The van der Waals surface area contributed by atoms with Crippen LogP contribution in [0.2, 0.25) is 0 Å². The highest BCUT2D eigenvalue weighted by Crippen LogP contribution is 2.60. The van der Waals surface area contributed by atoms with Crippen LogP contribution in [0.15, 0.2) is 0 Å². The molecule has 3 aliphatic rings. The number of fused-ring (bicyclic) bond motifs is 1. The maximum atomic E-state index is 4.79. The molecule has 3 fully saturated rings. The van der Waals surface area contributed by atoms with Gasteiger partial charge in [-0.2, -0.15) is 4.98 Å². The molecule has 2 heterocycles. The van der Waals surface area contributed by atoms with Gasteiger partial charge in [-0.15, -0.1) is 5.10 Å². The van der Waals surface area contributed by atoms with Gasteiger partial charge in [-0.25, -0.2) is 0 Å². The average Bonchev–Trinajstić information content (AvgIpc) is 2.96. The fourth-order valence-corrected chi connectivity index (χ4v) is 4.07. The molecule has 4 rings (SSSR count). The SMILES string of the molecule is CC1CN(c2n[nH]c(C3C4CCCCC43)n2)CCN1. The number of aromatic amines is 1. The zero-order chi connectivity index (χ0) is 12.8. The summed E-state index contributed by atoms with van der Waals surface area (Å²) in [4.78, 5) is 7.08. The Balaban J connectivity index is 1.48. The fraction of sp³-hybridized carbons (Fsp3) is 0.857. The van der Waals surface area contributed by atoms with Crippen LogP contribution >= 0.6 is 0 Å². The van der Waals surface area contributed by atoms with Gasteiger partial charge >= 0.3 is 0 Å². The van der Waals surface area contributed by atoms with Gasteiger partial charge in [0.2, 0.25) is 5.95 Å². The number of H-pyrrole nitrogens is 1. The highest BCUT2D eigenvalue weighted by atomic mass is 15.4. The lowest BCUT2D eigenvalue weighted by molar-refractivity contribution is 0.479. The Morgan fingerprint density at radius 1 is 1.21 bits per heavy atom. The van der Waals surface area contributed by atoms with Gasteiger partial charge in [-0.1, -0.05) is 12.8 Å². The lowest BCUT2D eigenvalue weighted by Gasteiger charge is -2.30. The van der Waals surface area contributed by atoms with Gasteiger partial charge in [0.15, 0.2) is 0 Å². The van der Waals surface area contributed by atoms with Crippen molar-refractivity contribution in [1.29, 1.82) is 0 Å². The zero-order valence-corrected chi connectivity index (χ0v) is 11.6. The number of rotatable bonds is 2. The van der Waals surface area contributed by atoms with E-state index in [2.05, 4.69) is 27.3 Å². The third-order valence-corrected chi connectivity index (χ3v) is 5.11. The standard InChI is InChI=1S/C14H23N5/c1-9-8-19(7-6-15-9)14-16-13(17-18-14)12-10-4-2-3-5-11(10)12/h9-12,15H,2-8H2,1H3,(H,16,17,18). The summed E-state index contributed by atoms with van der Waals surface area (Å²) in [6.45, 7) is 5.27. The topological polar surface area (TPSA) is 56.8 Å². The number of aromatic nitrogens is 3. The molecule has 2 aliphatic carbocycles. The highest BCUT2D eigenvalue weighted by molar-refractivity contribution is 5.32. The van der Waals surface area contributed by atoms with E-state index >= 15 is 0 Å². The number of hydrogen-bond acceptors (Lipinski definition) is 4. The molecule has 0 radical (unpaired) electrons. The monoisotopic (exact) mass is 261 g/mol. The Bertz CT molecular complexity index is 428. The molecule has 0 amide bonds. The summed E-state index contributed by atoms with van der Waals surface area (Å²) >= 11 is 0. The summed E-state index contributed by atoms with van der Waals surface area (Å²) in [5.74, 6) is 4.54. The Morgan fingerprint density at radius 3 is 2.74 bits per heavy atom. The molecule has 5 heteroatoms. The Hall–Kier alpha value is -1.10. The molecule has 1 aliphatic heterocycles. The molecule has 19 heavy (non-hydrogen) atoms. The maximum absolute atomic E-state index is 4.79. The lowest BCUT2D eigenvalue weighted by Crippen LogP contribution is -2.49. The first-order chi connectivity index (χ1) is 9.33. The van der Waals surface area contributed by atoms with Gasteiger partial charge in [-0.05, 0) is 31.6 Å². The Kier molecular flexibility index (Phi) is 2.76. The molecular formula is C14H23N5. The van der Waals surface area contributed by atoms with E-state index in [1.54, 1.807) is 0 Å². The summed E-state index contributed by atoms with van der Waals surface area (Å²) < 4.78 is 0. The van der Waals surface area contributed by atoms with Crippen LogP contribution in [0.4, 0.5) is 5.95 Å². The van der Waals surface area contributed by atoms with E-state index in [9.17, 15) is 0 Å². The number of piperazine rings is 1. The molecule has 3 atom stereocenters. The second kappa shape index (κ2) is 4.47. The summed E-state index contributed by atoms with van der Waals surface area (Å²) in [6, 6.07) is 0.527. The third-order valence-electron chi connectivity index (χ3n) is 5.11. The lowest BCUT2D eigenvalue weighted by atomic mass is 10.0. The highest BCUT2D eigenvalue weighted by Gasteiger charge is 2.53. The van der Waals surface area contributed by atoms with Crippen molar-refractivity contribution in [2.24, 2.45) is 11.8 Å². The minimum Gasteiger partial charge on any atom is -0.337 e. The molecular weight excluding hydrogens is 238 g/mol. The second-order valence-electron chi connectivity index (χ2n) is 6.46. The largest absolute Gasteiger partial charge is 0.337 e. The van der Waals surface area contributed by atoms with Crippen LogP contribution in [-0.2, 0) is 0 Å². The smallest absolute Gasteiger partial charge is 0.244 e. The number of hydrogen-bond donors (Lipinski definition) is 2. The van der Waals surface area contributed by atoms with Crippen molar-refractivity contribution >= 4 is 5.95 Å². The molecule has 2 N–H and O–H groups in total. The summed E-state index contributed by atoms with van der Waals surface area (Å²) in [7, 11) is 0. The van der Waals surface area contributed by atoms with E-state index in [0.717, 1.165) is 43.2 Å². The summed E-state index contributed by atoms with van der Waals surface area (Å²) in [5.41, 5.74) is 0. The van der Waals surface area contributed by atoms with E-state index in [1.807, 2.05) is 0 Å². The third kappa shape index (κ3) is 2.04. The molecule has 0 bridgehead atoms. The van der Waals surface area contributed by atoms with Crippen LogP contribution in [0.1, 0.15) is 44.3 Å². The van der Waals surface area contributed by atoms with Crippen LogP contribution in [0.3, 0.4) is 0 Å².